The van der Waals surface area contributed by atoms with Crippen LogP contribution in [0.5, 0.6) is 5.75 Å². The third-order valence-electron chi connectivity index (χ3n) is 2.13. The summed E-state index contributed by atoms with van der Waals surface area (Å²) in [6.45, 7) is 2.03. The van der Waals surface area contributed by atoms with Crippen molar-refractivity contribution in [3.05, 3.63) is 23.8 Å². The molecule has 72 valence electrons. The first-order valence-corrected chi connectivity index (χ1v) is 5.45. The van der Waals surface area contributed by atoms with Crippen molar-refractivity contribution in [1.29, 1.82) is 0 Å². The van der Waals surface area contributed by atoms with Crippen molar-refractivity contribution in [2.75, 3.05) is 13.3 Å². The summed E-state index contributed by atoms with van der Waals surface area (Å²) in [5.74, 6) is 0.361. The van der Waals surface area contributed by atoms with Gasteiger partial charge in [-0.2, -0.15) is 0 Å². The van der Waals surface area contributed by atoms with E-state index in [1.54, 1.807) is 17.8 Å². The van der Waals surface area contributed by atoms with Gasteiger partial charge in [0.15, 0.2) is 0 Å². The van der Waals surface area contributed by atoms with Crippen molar-refractivity contribution in [1.82, 2.24) is 5.32 Å². The first kappa shape index (κ1) is 10.4. The van der Waals surface area contributed by atoms with Crippen LogP contribution in [-0.2, 0) is 0 Å². The molecule has 0 saturated heterocycles. The highest BCUT2D eigenvalue weighted by molar-refractivity contribution is 7.98. The van der Waals surface area contributed by atoms with Crippen LogP contribution in [0.2, 0.25) is 0 Å². The summed E-state index contributed by atoms with van der Waals surface area (Å²) in [6.07, 6.45) is 2.03. The Morgan fingerprint density at radius 3 is 2.69 bits per heavy atom. The van der Waals surface area contributed by atoms with Gasteiger partial charge in [0.2, 0.25) is 0 Å². The number of nitrogens with one attached hydrogen (secondary N) is 1. The normalized spacial score (nSPS) is 12.8. The number of thioether (sulfide) groups is 1. The van der Waals surface area contributed by atoms with Crippen LogP contribution in [0.1, 0.15) is 18.5 Å². The molecule has 1 aromatic carbocycles. The molecule has 0 aromatic heterocycles. The quantitative estimate of drug-likeness (QED) is 0.730. The molecule has 0 heterocycles. The maximum Gasteiger partial charge on any atom is 0.120 e. The zero-order valence-electron chi connectivity index (χ0n) is 8.16. The van der Waals surface area contributed by atoms with Crippen LogP contribution < -0.4 is 5.32 Å². The lowest BCUT2D eigenvalue weighted by Gasteiger charge is -2.13. The Hall–Kier alpha value is -0.670. The molecule has 0 aliphatic rings. The lowest BCUT2D eigenvalue weighted by Crippen LogP contribution is -2.12. The molecule has 2 nitrogen and oxygen atoms in total. The molecule has 1 atom stereocenters. The van der Waals surface area contributed by atoms with Gasteiger partial charge in [-0.1, -0.05) is 0 Å². The Kier molecular flexibility index (Phi) is 3.63. The zero-order chi connectivity index (χ0) is 9.84. The van der Waals surface area contributed by atoms with Gasteiger partial charge in [-0.25, -0.2) is 0 Å². The van der Waals surface area contributed by atoms with Crippen LogP contribution >= 0.6 is 11.8 Å². The Balaban J connectivity index is 3.03. The Morgan fingerprint density at radius 1 is 1.46 bits per heavy atom. The molecule has 3 heteroatoms. The number of benzene rings is 1. The van der Waals surface area contributed by atoms with Crippen LogP contribution in [0.15, 0.2) is 23.1 Å². The van der Waals surface area contributed by atoms with Gasteiger partial charge < -0.3 is 10.4 Å². The van der Waals surface area contributed by atoms with E-state index in [-0.39, 0.29) is 6.04 Å². The minimum absolute atomic E-state index is 0.187. The van der Waals surface area contributed by atoms with E-state index < -0.39 is 0 Å². The van der Waals surface area contributed by atoms with Crippen molar-refractivity contribution in [2.45, 2.75) is 17.9 Å². The van der Waals surface area contributed by atoms with Crippen molar-refractivity contribution in [2.24, 2.45) is 0 Å². The van der Waals surface area contributed by atoms with Crippen LogP contribution in [0, 0.1) is 0 Å². The fourth-order valence-corrected chi connectivity index (χ4v) is 1.61. The second-order valence-electron chi connectivity index (χ2n) is 2.94. The van der Waals surface area contributed by atoms with Crippen LogP contribution in [0.25, 0.3) is 0 Å². The van der Waals surface area contributed by atoms with Crippen LogP contribution in [0.4, 0.5) is 0 Å². The number of hydrogen-bond donors (Lipinski definition) is 2. The SMILES string of the molecule is CN[C@H](C)c1cc(SC)ccc1O. The summed E-state index contributed by atoms with van der Waals surface area (Å²) < 4.78 is 0. The fourth-order valence-electron chi connectivity index (χ4n) is 1.16. The molecule has 0 bridgehead atoms. The molecule has 0 unspecified atom stereocenters. The predicted molar refractivity (Wildman–Crippen MR) is 57.4 cm³/mol. The number of aromatic hydroxyl groups is 1. The Morgan fingerprint density at radius 2 is 2.15 bits per heavy atom. The summed E-state index contributed by atoms with van der Waals surface area (Å²) >= 11 is 1.68. The third kappa shape index (κ3) is 2.39. The van der Waals surface area contributed by atoms with Crippen molar-refractivity contribution in [3.63, 3.8) is 0 Å². The number of hydrogen-bond acceptors (Lipinski definition) is 3. The van der Waals surface area contributed by atoms with E-state index in [4.69, 9.17) is 0 Å². The molecule has 0 aliphatic carbocycles. The maximum atomic E-state index is 9.58. The average molecular weight is 197 g/mol. The van der Waals surface area contributed by atoms with Gasteiger partial charge >= 0.3 is 0 Å². The van der Waals surface area contributed by atoms with Crippen molar-refractivity contribution in [3.8, 4) is 5.75 Å². The van der Waals surface area contributed by atoms with E-state index in [0.29, 0.717) is 5.75 Å². The summed E-state index contributed by atoms with van der Waals surface area (Å²) in [5.41, 5.74) is 0.953. The van der Waals surface area contributed by atoms with E-state index in [2.05, 4.69) is 5.32 Å². The number of rotatable bonds is 3. The molecule has 0 amide bonds. The summed E-state index contributed by atoms with van der Waals surface area (Å²) in [5, 5.41) is 12.7. The van der Waals surface area contributed by atoms with Crippen LogP contribution in [-0.4, -0.2) is 18.4 Å². The van der Waals surface area contributed by atoms with Gasteiger partial charge in [-0.15, -0.1) is 11.8 Å². The number of phenols is 1. The first-order chi connectivity index (χ1) is 6.19. The molecule has 2 N–H and O–H groups in total. The van der Waals surface area contributed by atoms with Gasteiger partial charge in [0.25, 0.3) is 0 Å². The molecule has 1 rings (SSSR count). The predicted octanol–water partition coefficient (Wildman–Crippen LogP) is 2.39. The van der Waals surface area contributed by atoms with Gasteiger partial charge in [0.1, 0.15) is 5.75 Å². The van der Waals surface area contributed by atoms with Gasteiger partial charge in [0.05, 0.1) is 0 Å². The van der Waals surface area contributed by atoms with E-state index in [1.807, 2.05) is 32.4 Å². The van der Waals surface area contributed by atoms with Gasteiger partial charge in [0, 0.05) is 16.5 Å². The Bertz CT molecular complexity index is 288. The van der Waals surface area contributed by atoms with Crippen molar-refractivity contribution >= 4 is 11.8 Å². The molecule has 0 aliphatic heterocycles. The number of phenolic OH excluding ortho intramolecular Hbond substituents is 1. The summed E-state index contributed by atoms with van der Waals surface area (Å²) in [7, 11) is 1.88. The molecule has 0 radical (unpaired) electrons. The zero-order valence-corrected chi connectivity index (χ0v) is 8.98. The summed E-state index contributed by atoms with van der Waals surface area (Å²) in [6, 6.07) is 5.87. The fraction of sp³-hybridized carbons (Fsp3) is 0.400. The molecule has 13 heavy (non-hydrogen) atoms. The first-order valence-electron chi connectivity index (χ1n) is 4.23. The molecule has 1 aromatic rings. The highest BCUT2D eigenvalue weighted by atomic mass is 32.2. The van der Waals surface area contributed by atoms with Gasteiger partial charge in [-0.05, 0) is 38.4 Å². The molecule has 0 spiro atoms. The van der Waals surface area contributed by atoms with Gasteiger partial charge in [-0.3, -0.25) is 0 Å². The lowest BCUT2D eigenvalue weighted by molar-refractivity contribution is 0.457. The third-order valence-corrected chi connectivity index (χ3v) is 2.86. The largest absolute Gasteiger partial charge is 0.508 e. The standard InChI is InChI=1S/C10H15NOS/c1-7(11-2)9-6-8(13-3)4-5-10(9)12/h4-7,11-12H,1-3H3/t7-/m1/s1. The minimum Gasteiger partial charge on any atom is -0.508 e. The van der Waals surface area contributed by atoms with E-state index >= 15 is 0 Å². The molecule has 0 saturated carbocycles. The highest BCUT2D eigenvalue weighted by Gasteiger charge is 2.08. The highest BCUT2D eigenvalue weighted by Crippen LogP contribution is 2.28. The topological polar surface area (TPSA) is 32.3 Å². The molecular weight excluding hydrogens is 182 g/mol. The van der Waals surface area contributed by atoms with Crippen molar-refractivity contribution < 1.29 is 5.11 Å². The van der Waals surface area contributed by atoms with Crippen LogP contribution in [0.3, 0.4) is 0 Å². The molecular formula is C10H15NOS. The average Bonchev–Trinajstić information content (AvgIpc) is 2.17. The monoisotopic (exact) mass is 197 g/mol. The maximum absolute atomic E-state index is 9.58. The molecule has 0 fully saturated rings. The minimum atomic E-state index is 0.187. The lowest BCUT2D eigenvalue weighted by atomic mass is 10.1. The van der Waals surface area contributed by atoms with E-state index in [1.165, 1.54) is 4.90 Å². The second-order valence-corrected chi connectivity index (χ2v) is 3.81. The Labute approximate surface area is 83.4 Å². The smallest absolute Gasteiger partial charge is 0.120 e. The summed E-state index contributed by atoms with van der Waals surface area (Å²) in [4.78, 5) is 1.18. The van der Waals surface area contributed by atoms with E-state index in [0.717, 1.165) is 5.56 Å². The second kappa shape index (κ2) is 4.53. The van der Waals surface area contributed by atoms with E-state index in [9.17, 15) is 5.11 Å².